The zero-order valence-corrected chi connectivity index (χ0v) is 16.1. The minimum atomic E-state index is -0.308. The van der Waals surface area contributed by atoms with E-state index in [4.69, 9.17) is 4.42 Å². The highest BCUT2D eigenvalue weighted by Crippen LogP contribution is 2.30. The van der Waals surface area contributed by atoms with Gasteiger partial charge in [0.15, 0.2) is 12.2 Å². The second kappa shape index (κ2) is 7.98. The third-order valence-electron chi connectivity index (χ3n) is 4.70. The molecule has 0 aliphatic rings. The third kappa shape index (κ3) is 4.16. The van der Waals surface area contributed by atoms with Gasteiger partial charge in [-0.3, -0.25) is 4.98 Å². The average Bonchev–Trinajstić information content (AvgIpc) is 3.26. The smallest absolute Gasteiger partial charge is 0.323 e. The molecule has 0 aliphatic heterocycles. The number of urea groups is 1. The molecule has 144 valence electrons. The molecule has 2 aromatic heterocycles. The highest BCUT2D eigenvalue weighted by atomic mass is 16.3. The molecule has 0 atom stereocenters. The van der Waals surface area contributed by atoms with Gasteiger partial charge in [-0.1, -0.05) is 24.3 Å². The van der Waals surface area contributed by atoms with Gasteiger partial charge in [0.05, 0.1) is 18.1 Å². The van der Waals surface area contributed by atoms with E-state index in [1.165, 1.54) is 6.39 Å². The first-order chi connectivity index (χ1) is 14.1. The number of carbonyl (C=O) groups is 1. The van der Waals surface area contributed by atoms with Crippen molar-refractivity contribution in [1.29, 1.82) is 0 Å². The van der Waals surface area contributed by atoms with Crippen LogP contribution in [0.15, 0.2) is 77.9 Å². The lowest BCUT2D eigenvalue weighted by Crippen LogP contribution is -2.20. The molecule has 6 nitrogen and oxygen atoms in total. The lowest BCUT2D eigenvalue weighted by Gasteiger charge is -2.11. The summed E-state index contributed by atoms with van der Waals surface area (Å²) in [5.41, 5.74) is 6.61. The molecule has 2 amide bonds. The molecule has 0 aliphatic carbocycles. The van der Waals surface area contributed by atoms with Gasteiger partial charge >= 0.3 is 6.03 Å². The van der Waals surface area contributed by atoms with Crippen molar-refractivity contribution < 1.29 is 9.21 Å². The van der Waals surface area contributed by atoms with Gasteiger partial charge in [0.2, 0.25) is 0 Å². The number of amides is 2. The first-order valence-corrected chi connectivity index (χ1v) is 9.19. The normalized spacial score (nSPS) is 10.6. The zero-order valence-electron chi connectivity index (χ0n) is 16.1. The van der Waals surface area contributed by atoms with Crippen LogP contribution in [-0.4, -0.2) is 16.0 Å². The Bertz CT molecular complexity index is 1140. The maximum Gasteiger partial charge on any atom is 0.323 e. The number of carbonyl (C=O) groups excluding carboxylic acids is 1. The van der Waals surface area contributed by atoms with Crippen LogP contribution < -0.4 is 10.6 Å². The van der Waals surface area contributed by atoms with Crippen LogP contribution in [0.2, 0.25) is 0 Å². The number of oxazole rings is 1. The molecule has 29 heavy (non-hydrogen) atoms. The molecule has 0 saturated heterocycles. The number of benzene rings is 2. The Hall–Kier alpha value is -3.93. The van der Waals surface area contributed by atoms with Gasteiger partial charge in [-0.2, -0.15) is 0 Å². The predicted octanol–water partition coefficient (Wildman–Crippen LogP) is 5.66. The highest BCUT2D eigenvalue weighted by Gasteiger charge is 2.09. The summed E-state index contributed by atoms with van der Waals surface area (Å²) in [5.74, 6) is 0.729. The third-order valence-corrected chi connectivity index (χ3v) is 4.70. The predicted molar refractivity (Wildman–Crippen MR) is 114 cm³/mol. The molecule has 0 spiro atoms. The summed E-state index contributed by atoms with van der Waals surface area (Å²) in [6.45, 7) is 3.98. The van der Waals surface area contributed by atoms with Crippen LogP contribution in [0, 0.1) is 13.8 Å². The molecule has 2 aromatic carbocycles. The van der Waals surface area contributed by atoms with E-state index in [2.05, 4.69) is 39.7 Å². The fourth-order valence-electron chi connectivity index (χ4n) is 3.06. The topological polar surface area (TPSA) is 80.0 Å². The van der Waals surface area contributed by atoms with Crippen LogP contribution in [0.25, 0.3) is 22.5 Å². The summed E-state index contributed by atoms with van der Waals surface area (Å²) >= 11 is 0. The average molecular weight is 384 g/mol. The lowest BCUT2D eigenvalue weighted by atomic mass is 9.97. The first-order valence-electron chi connectivity index (χ1n) is 9.19. The summed E-state index contributed by atoms with van der Waals surface area (Å²) in [4.78, 5) is 20.3. The Morgan fingerprint density at radius 2 is 1.66 bits per heavy atom. The minimum Gasteiger partial charge on any atom is -0.444 e. The van der Waals surface area contributed by atoms with E-state index < -0.39 is 0 Å². The molecule has 4 rings (SSSR count). The zero-order chi connectivity index (χ0) is 20.2. The molecule has 2 heterocycles. The fraction of sp³-hybridized carbons (Fsp3) is 0.0870. The second-order valence-corrected chi connectivity index (χ2v) is 6.74. The highest BCUT2D eigenvalue weighted by molar-refractivity contribution is 6.00. The maximum atomic E-state index is 12.3. The van der Waals surface area contributed by atoms with E-state index in [0.29, 0.717) is 11.4 Å². The van der Waals surface area contributed by atoms with Crippen LogP contribution in [-0.2, 0) is 0 Å². The van der Waals surface area contributed by atoms with Crippen molar-refractivity contribution in [3.63, 3.8) is 0 Å². The monoisotopic (exact) mass is 384 g/mol. The number of hydrogen-bond donors (Lipinski definition) is 2. The van der Waals surface area contributed by atoms with Crippen molar-refractivity contribution in [3.8, 4) is 22.5 Å². The van der Waals surface area contributed by atoms with Gasteiger partial charge in [0.1, 0.15) is 0 Å². The Labute approximate surface area is 168 Å². The molecule has 6 heteroatoms. The van der Waals surface area contributed by atoms with Gasteiger partial charge in [0.25, 0.3) is 0 Å². The molecule has 0 saturated carbocycles. The SMILES string of the molecule is Cc1ccncc1NC(=O)Nc1ccc(-c2cc(-c3cnco3)ccc2C)cc1. The standard InChI is InChI=1S/C23H20N4O2/c1-15-3-4-18(22-13-25-14-29-22)11-20(15)17-5-7-19(8-6-17)26-23(28)27-21-12-24-10-9-16(21)2/h3-14H,1-2H3,(H2,26,27,28). The van der Waals surface area contributed by atoms with Crippen LogP contribution in [0.3, 0.4) is 0 Å². The van der Waals surface area contributed by atoms with Crippen molar-refractivity contribution >= 4 is 17.4 Å². The van der Waals surface area contributed by atoms with Crippen molar-refractivity contribution in [2.45, 2.75) is 13.8 Å². The molecule has 4 aromatic rings. The van der Waals surface area contributed by atoms with Gasteiger partial charge in [-0.25, -0.2) is 9.78 Å². The van der Waals surface area contributed by atoms with Crippen LogP contribution in [0.1, 0.15) is 11.1 Å². The van der Waals surface area contributed by atoms with Gasteiger partial charge < -0.3 is 15.1 Å². The number of pyridine rings is 1. The summed E-state index contributed by atoms with van der Waals surface area (Å²) < 4.78 is 5.40. The van der Waals surface area contributed by atoms with Crippen molar-refractivity contribution in [3.05, 3.63) is 84.6 Å². The van der Waals surface area contributed by atoms with Gasteiger partial charge in [-0.15, -0.1) is 0 Å². The second-order valence-electron chi connectivity index (χ2n) is 6.74. The number of nitrogens with one attached hydrogen (secondary N) is 2. The lowest BCUT2D eigenvalue weighted by molar-refractivity contribution is 0.262. The molecule has 0 fully saturated rings. The summed E-state index contributed by atoms with van der Waals surface area (Å²) in [6, 6.07) is 15.4. The van der Waals surface area contributed by atoms with Crippen molar-refractivity contribution in [2.75, 3.05) is 10.6 Å². The van der Waals surface area contributed by atoms with Crippen LogP contribution >= 0.6 is 0 Å². The number of hydrogen-bond acceptors (Lipinski definition) is 4. The van der Waals surface area contributed by atoms with E-state index in [0.717, 1.165) is 33.6 Å². The van der Waals surface area contributed by atoms with E-state index in [-0.39, 0.29) is 6.03 Å². The quantitative estimate of drug-likeness (QED) is 0.475. The molecular weight excluding hydrogens is 364 g/mol. The molecular formula is C23H20N4O2. The number of nitrogens with zero attached hydrogens (tertiary/aromatic N) is 2. The fourth-order valence-corrected chi connectivity index (χ4v) is 3.06. The van der Waals surface area contributed by atoms with Crippen molar-refractivity contribution in [2.24, 2.45) is 0 Å². The summed E-state index contributed by atoms with van der Waals surface area (Å²) in [5, 5.41) is 5.65. The Kier molecular flexibility index (Phi) is 5.07. The maximum absolute atomic E-state index is 12.3. The van der Waals surface area contributed by atoms with Gasteiger partial charge in [0, 0.05) is 17.4 Å². The largest absolute Gasteiger partial charge is 0.444 e. The number of anilines is 2. The van der Waals surface area contributed by atoms with Crippen LogP contribution in [0.4, 0.5) is 16.2 Å². The summed E-state index contributed by atoms with van der Waals surface area (Å²) in [6.07, 6.45) is 6.44. The molecule has 0 radical (unpaired) electrons. The van der Waals surface area contributed by atoms with Crippen molar-refractivity contribution in [1.82, 2.24) is 9.97 Å². The van der Waals surface area contributed by atoms with Crippen LogP contribution in [0.5, 0.6) is 0 Å². The minimum absolute atomic E-state index is 0.308. The first kappa shape index (κ1) is 18.4. The van der Waals surface area contributed by atoms with E-state index in [1.807, 2.05) is 43.3 Å². The Morgan fingerprint density at radius 1 is 0.862 bits per heavy atom. The number of rotatable bonds is 4. The number of aromatic nitrogens is 2. The Morgan fingerprint density at radius 3 is 2.38 bits per heavy atom. The summed E-state index contributed by atoms with van der Waals surface area (Å²) in [7, 11) is 0. The Balaban J connectivity index is 1.50. The number of aryl methyl sites for hydroxylation is 2. The van der Waals surface area contributed by atoms with E-state index >= 15 is 0 Å². The molecule has 0 unspecified atom stereocenters. The molecule has 0 bridgehead atoms. The van der Waals surface area contributed by atoms with Gasteiger partial charge in [-0.05, 0) is 60.4 Å². The van der Waals surface area contributed by atoms with E-state index in [1.54, 1.807) is 18.6 Å². The molecule has 2 N–H and O–H groups in total. The van der Waals surface area contributed by atoms with E-state index in [9.17, 15) is 4.79 Å².